The molecule has 130 valence electrons. The van der Waals surface area contributed by atoms with Crippen LogP contribution in [0.5, 0.6) is 5.75 Å². The van der Waals surface area contributed by atoms with E-state index in [9.17, 15) is 13.2 Å². The van der Waals surface area contributed by atoms with Gasteiger partial charge >= 0.3 is 5.97 Å². The van der Waals surface area contributed by atoms with Crippen LogP contribution in [0.1, 0.15) is 21.5 Å². The van der Waals surface area contributed by atoms with Gasteiger partial charge in [-0.1, -0.05) is 6.07 Å². The smallest absolute Gasteiger partial charge is 0.338 e. The SMILES string of the molecule is Cc1ccc(S(N)(=O)=O)cc1C(=O)OCCOc1ccc(C#N)cc1. The number of esters is 1. The van der Waals surface area contributed by atoms with Crippen molar-refractivity contribution in [3.8, 4) is 11.8 Å². The van der Waals surface area contributed by atoms with Crippen molar-refractivity contribution in [2.45, 2.75) is 11.8 Å². The number of ether oxygens (including phenoxy) is 2. The van der Waals surface area contributed by atoms with Gasteiger partial charge in [0, 0.05) is 0 Å². The van der Waals surface area contributed by atoms with E-state index in [0.29, 0.717) is 16.9 Å². The molecule has 0 atom stereocenters. The van der Waals surface area contributed by atoms with Crippen molar-refractivity contribution in [1.82, 2.24) is 0 Å². The number of carbonyl (C=O) groups is 1. The number of hydrogen-bond acceptors (Lipinski definition) is 6. The third kappa shape index (κ3) is 5.04. The Bertz CT molecular complexity index is 915. The highest BCUT2D eigenvalue weighted by Gasteiger charge is 2.15. The van der Waals surface area contributed by atoms with E-state index in [4.69, 9.17) is 19.9 Å². The van der Waals surface area contributed by atoms with Crippen LogP contribution in [0, 0.1) is 18.3 Å². The Morgan fingerprint density at radius 2 is 1.84 bits per heavy atom. The summed E-state index contributed by atoms with van der Waals surface area (Å²) in [4.78, 5) is 11.9. The van der Waals surface area contributed by atoms with Crippen LogP contribution in [-0.4, -0.2) is 27.6 Å². The van der Waals surface area contributed by atoms with Gasteiger partial charge in [-0.05, 0) is 48.9 Å². The summed E-state index contributed by atoms with van der Waals surface area (Å²) >= 11 is 0. The normalized spacial score (nSPS) is 10.8. The van der Waals surface area contributed by atoms with Gasteiger partial charge in [-0.3, -0.25) is 0 Å². The predicted molar refractivity (Wildman–Crippen MR) is 89.5 cm³/mol. The average molecular weight is 360 g/mol. The van der Waals surface area contributed by atoms with E-state index in [2.05, 4.69) is 0 Å². The fourth-order valence-corrected chi connectivity index (χ4v) is 2.54. The molecule has 0 aromatic heterocycles. The van der Waals surface area contributed by atoms with E-state index in [1.807, 2.05) is 6.07 Å². The molecule has 0 heterocycles. The molecule has 2 N–H and O–H groups in total. The zero-order valence-electron chi connectivity index (χ0n) is 13.4. The van der Waals surface area contributed by atoms with Crippen molar-refractivity contribution in [3.63, 3.8) is 0 Å². The molecule has 0 aliphatic rings. The maximum Gasteiger partial charge on any atom is 0.338 e. The quantitative estimate of drug-likeness (QED) is 0.619. The molecule has 0 bridgehead atoms. The van der Waals surface area contributed by atoms with Gasteiger partial charge in [-0.25, -0.2) is 18.4 Å². The Balaban J connectivity index is 1.93. The Morgan fingerprint density at radius 3 is 2.44 bits per heavy atom. The minimum atomic E-state index is -3.90. The van der Waals surface area contributed by atoms with E-state index in [1.54, 1.807) is 31.2 Å². The monoisotopic (exact) mass is 360 g/mol. The molecule has 0 spiro atoms. The van der Waals surface area contributed by atoms with Crippen molar-refractivity contribution < 1.29 is 22.7 Å². The second kappa shape index (κ2) is 7.79. The maximum atomic E-state index is 12.1. The van der Waals surface area contributed by atoms with Gasteiger partial charge < -0.3 is 9.47 Å². The number of carbonyl (C=O) groups excluding carboxylic acids is 1. The number of nitriles is 1. The van der Waals surface area contributed by atoms with E-state index < -0.39 is 16.0 Å². The zero-order chi connectivity index (χ0) is 18.4. The molecule has 0 unspecified atom stereocenters. The number of sulfonamides is 1. The van der Waals surface area contributed by atoms with Gasteiger partial charge in [0.05, 0.1) is 22.1 Å². The molecular weight excluding hydrogens is 344 g/mol. The first kappa shape index (κ1) is 18.4. The van der Waals surface area contributed by atoms with E-state index >= 15 is 0 Å². The zero-order valence-corrected chi connectivity index (χ0v) is 14.2. The molecule has 7 nitrogen and oxygen atoms in total. The van der Waals surface area contributed by atoms with Gasteiger partial charge in [0.2, 0.25) is 10.0 Å². The number of nitrogens with zero attached hydrogens (tertiary/aromatic N) is 1. The highest BCUT2D eigenvalue weighted by atomic mass is 32.2. The molecule has 2 rings (SSSR count). The minimum absolute atomic E-state index is 0.0160. The van der Waals surface area contributed by atoms with Crippen LogP contribution in [0.4, 0.5) is 0 Å². The fraction of sp³-hybridized carbons (Fsp3) is 0.176. The van der Waals surface area contributed by atoms with Crippen molar-refractivity contribution >= 4 is 16.0 Å². The summed E-state index contributed by atoms with van der Waals surface area (Å²) in [5, 5.41) is 13.8. The number of benzene rings is 2. The minimum Gasteiger partial charge on any atom is -0.490 e. The van der Waals surface area contributed by atoms with Gasteiger partial charge in [0.25, 0.3) is 0 Å². The molecule has 2 aromatic rings. The molecule has 0 amide bonds. The summed E-state index contributed by atoms with van der Waals surface area (Å²) in [6.07, 6.45) is 0. The molecule has 0 fully saturated rings. The van der Waals surface area contributed by atoms with Gasteiger partial charge in [-0.15, -0.1) is 0 Å². The molecule has 0 aliphatic carbocycles. The summed E-state index contributed by atoms with van der Waals surface area (Å²) in [6, 6.07) is 12.5. The molecular formula is C17H16N2O5S. The highest BCUT2D eigenvalue weighted by molar-refractivity contribution is 7.89. The maximum absolute atomic E-state index is 12.1. The van der Waals surface area contributed by atoms with E-state index in [0.717, 1.165) is 0 Å². The fourth-order valence-electron chi connectivity index (χ4n) is 2.00. The van der Waals surface area contributed by atoms with Crippen LogP contribution < -0.4 is 9.88 Å². The van der Waals surface area contributed by atoms with Crippen LogP contribution in [-0.2, 0) is 14.8 Å². The summed E-state index contributed by atoms with van der Waals surface area (Å²) in [7, 11) is -3.90. The van der Waals surface area contributed by atoms with Crippen molar-refractivity contribution in [1.29, 1.82) is 5.26 Å². The third-order valence-corrected chi connectivity index (χ3v) is 4.24. The lowest BCUT2D eigenvalue weighted by Crippen LogP contribution is -2.16. The van der Waals surface area contributed by atoms with Crippen LogP contribution in [0.2, 0.25) is 0 Å². The summed E-state index contributed by atoms with van der Waals surface area (Å²) in [5.41, 5.74) is 1.22. The van der Waals surface area contributed by atoms with Crippen LogP contribution in [0.25, 0.3) is 0 Å². The highest BCUT2D eigenvalue weighted by Crippen LogP contribution is 2.16. The summed E-state index contributed by atoms with van der Waals surface area (Å²) in [5.74, 6) is -0.117. The van der Waals surface area contributed by atoms with Gasteiger partial charge in [-0.2, -0.15) is 5.26 Å². The Kier molecular flexibility index (Phi) is 5.75. The molecule has 25 heavy (non-hydrogen) atoms. The van der Waals surface area contributed by atoms with Crippen molar-refractivity contribution in [2.24, 2.45) is 5.14 Å². The molecule has 0 radical (unpaired) electrons. The summed E-state index contributed by atoms with van der Waals surface area (Å²) in [6.45, 7) is 1.76. The second-order valence-corrected chi connectivity index (χ2v) is 6.70. The first-order chi connectivity index (χ1) is 11.8. The Hall–Kier alpha value is -2.89. The Morgan fingerprint density at radius 1 is 1.16 bits per heavy atom. The van der Waals surface area contributed by atoms with Crippen molar-refractivity contribution in [2.75, 3.05) is 13.2 Å². The second-order valence-electron chi connectivity index (χ2n) is 5.14. The predicted octanol–water partition coefficient (Wildman–Crippen LogP) is 1.75. The first-order valence-electron chi connectivity index (χ1n) is 7.25. The molecule has 2 aromatic carbocycles. The van der Waals surface area contributed by atoms with Crippen molar-refractivity contribution in [3.05, 3.63) is 59.2 Å². The number of primary sulfonamides is 1. The molecule has 0 saturated heterocycles. The molecule has 8 heteroatoms. The van der Waals surface area contributed by atoms with Crippen LogP contribution in [0.3, 0.4) is 0 Å². The van der Waals surface area contributed by atoms with Gasteiger partial charge in [0.15, 0.2) is 0 Å². The lowest BCUT2D eigenvalue weighted by atomic mass is 10.1. The number of hydrogen-bond donors (Lipinski definition) is 1. The summed E-state index contributed by atoms with van der Waals surface area (Å²) < 4.78 is 33.2. The molecule has 0 aliphatic heterocycles. The number of nitrogens with two attached hydrogens (primary N) is 1. The lowest BCUT2D eigenvalue weighted by molar-refractivity contribution is 0.0449. The van der Waals surface area contributed by atoms with E-state index in [-0.39, 0.29) is 23.7 Å². The van der Waals surface area contributed by atoms with Crippen LogP contribution in [0.15, 0.2) is 47.4 Å². The largest absolute Gasteiger partial charge is 0.490 e. The van der Waals surface area contributed by atoms with Gasteiger partial charge in [0.1, 0.15) is 19.0 Å². The van der Waals surface area contributed by atoms with E-state index in [1.165, 1.54) is 18.2 Å². The topological polar surface area (TPSA) is 119 Å². The Labute approximate surface area is 145 Å². The van der Waals surface area contributed by atoms with Crippen LogP contribution >= 0.6 is 0 Å². The third-order valence-electron chi connectivity index (χ3n) is 3.33. The number of rotatable bonds is 6. The lowest BCUT2D eigenvalue weighted by Gasteiger charge is -2.10. The standard InChI is InChI=1S/C17H16N2O5S/c1-12-2-7-15(25(19,21)22)10-16(12)17(20)24-9-8-23-14-5-3-13(11-18)4-6-14/h2-7,10H,8-9H2,1H3,(H2,19,21,22). The molecule has 0 saturated carbocycles. The number of aryl methyl sites for hydroxylation is 1. The first-order valence-corrected chi connectivity index (χ1v) is 8.79. The average Bonchev–Trinajstić information content (AvgIpc) is 2.58.